The summed E-state index contributed by atoms with van der Waals surface area (Å²) in [6.07, 6.45) is 1.39. The molecule has 7 nitrogen and oxygen atoms in total. The molecule has 0 aliphatic heterocycles. The van der Waals surface area contributed by atoms with Gasteiger partial charge in [0.1, 0.15) is 5.75 Å². The number of phenolic OH excluding ortho intramolecular Hbond substituents is 1. The number of nitrogens with zero attached hydrogens (tertiary/aromatic N) is 4. The maximum Gasteiger partial charge on any atom is 0.250 e. The number of nitrogens with one attached hydrogen (secondary N) is 1. The zero-order valence-electron chi connectivity index (χ0n) is 14.6. The van der Waals surface area contributed by atoms with Gasteiger partial charge in [0.25, 0.3) is 5.91 Å². The lowest BCUT2D eigenvalue weighted by Gasteiger charge is -2.04. The molecule has 10 heteroatoms. The topological polar surface area (TPSA) is 92.4 Å². The highest BCUT2D eigenvalue weighted by Gasteiger charge is 2.13. The third-order valence-corrected chi connectivity index (χ3v) is 5.64. The van der Waals surface area contributed by atoms with Crippen molar-refractivity contribution in [3.8, 4) is 17.1 Å². The van der Waals surface area contributed by atoms with E-state index in [0.29, 0.717) is 16.5 Å². The van der Waals surface area contributed by atoms with E-state index in [1.54, 1.807) is 18.2 Å². The molecule has 1 amide bonds. The van der Waals surface area contributed by atoms with Crippen molar-refractivity contribution in [3.05, 3.63) is 57.0 Å². The Bertz CT molecular complexity index is 1040. The van der Waals surface area contributed by atoms with Crippen molar-refractivity contribution >= 4 is 55.7 Å². The number of hydrazone groups is 1. The molecule has 0 fully saturated rings. The molecule has 0 aliphatic rings. The summed E-state index contributed by atoms with van der Waals surface area (Å²) in [5, 5.41) is 22.6. The molecule has 28 heavy (non-hydrogen) atoms. The predicted molar refractivity (Wildman–Crippen MR) is 116 cm³/mol. The summed E-state index contributed by atoms with van der Waals surface area (Å²) < 4.78 is 3.59. The lowest BCUT2D eigenvalue weighted by Crippen LogP contribution is -2.19. The molecule has 3 rings (SSSR count). The minimum atomic E-state index is -0.289. The number of benzene rings is 2. The molecule has 1 aromatic heterocycles. The van der Waals surface area contributed by atoms with E-state index in [-0.39, 0.29) is 17.4 Å². The van der Waals surface area contributed by atoms with Crippen LogP contribution in [-0.2, 0) is 11.8 Å². The maximum atomic E-state index is 12.0. The monoisotopic (exact) mass is 523 g/mol. The van der Waals surface area contributed by atoms with Crippen molar-refractivity contribution in [1.82, 2.24) is 20.2 Å². The quantitative estimate of drug-likeness (QED) is 0.289. The Balaban J connectivity index is 1.58. The molecule has 2 N–H and O–H groups in total. The fraction of sp³-hybridized carbons (Fsp3) is 0.111. The zero-order chi connectivity index (χ0) is 20.1. The van der Waals surface area contributed by atoms with E-state index in [1.807, 2.05) is 35.9 Å². The first kappa shape index (κ1) is 20.6. The van der Waals surface area contributed by atoms with Crippen LogP contribution in [0.4, 0.5) is 0 Å². The van der Waals surface area contributed by atoms with E-state index in [9.17, 15) is 9.90 Å². The summed E-state index contributed by atoms with van der Waals surface area (Å²) in [5.41, 5.74) is 3.86. The molecule has 0 aliphatic carbocycles. The fourth-order valence-electron chi connectivity index (χ4n) is 2.28. The van der Waals surface area contributed by atoms with Gasteiger partial charge >= 0.3 is 0 Å². The highest BCUT2D eigenvalue weighted by Crippen LogP contribution is 2.24. The van der Waals surface area contributed by atoms with Crippen molar-refractivity contribution in [3.63, 3.8) is 0 Å². The lowest BCUT2D eigenvalue weighted by molar-refractivity contribution is -0.118. The number of carbonyl (C=O) groups excluding carboxylic acids is 1. The van der Waals surface area contributed by atoms with Crippen LogP contribution in [0.2, 0.25) is 0 Å². The highest BCUT2D eigenvalue weighted by atomic mass is 79.9. The maximum absolute atomic E-state index is 12.0. The van der Waals surface area contributed by atoms with Gasteiger partial charge in [0.05, 0.1) is 12.0 Å². The van der Waals surface area contributed by atoms with Crippen LogP contribution in [-0.4, -0.2) is 37.7 Å². The van der Waals surface area contributed by atoms with Crippen LogP contribution < -0.4 is 5.43 Å². The van der Waals surface area contributed by atoms with Crippen LogP contribution in [0.25, 0.3) is 11.4 Å². The van der Waals surface area contributed by atoms with Crippen LogP contribution >= 0.6 is 43.6 Å². The number of phenols is 1. The Labute approximate surface area is 182 Å². The van der Waals surface area contributed by atoms with E-state index >= 15 is 0 Å². The highest BCUT2D eigenvalue weighted by molar-refractivity contribution is 9.10. The van der Waals surface area contributed by atoms with E-state index in [1.165, 1.54) is 18.0 Å². The molecule has 0 saturated carbocycles. The van der Waals surface area contributed by atoms with Crippen LogP contribution in [0.3, 0.4) is 0 Å². The second-order valence-corrected chi connectivity index (χ2v) is 8.43. The molecule has 0 atom stereocenters. The van der Waals surface area contributed by atoms with Gasteiger partial charge in [0.15, 0.2) is 11.0 Å². The second-order valence-electron chi connectivity index (χ2n) is 5.66. The number of hydrogen-bond donors (Lipinski definition) is 2. The van der Waals surface area contributed by atoms with Crippen LogP contribution in [0.1, 0.15) is 5.56 Å². The number of thioether (sulfide) groups is 1. The van der Waals surface area contributed by atoms with Gasteiger partial charge in [-0.1, -0.05) is 55.8 Å². The van der Waals surface area contributed by atoms with Crippen molar-refractivity contribution in [2.45, 2.75) is 5.16 Å². The molecule has 0 unspecified atom stereocenters. The summed E-state index contributed by atoms with van der Waals surface area (Å²) in [6, 6.07) is 12.7. The number of aromatic hydroxyl groups is 1. The molecule has 2 aromatic carbocycles. The summed E-state index contributed by atoms with van der Waals surface area (Å²) in [6.45, 7) is 0. The van der Waals surface area contributed by atoms with Gasteiger partial charge < -0.3 is 9.67 Å². The SMILES string of the molecule is Cn1c(SCC(=O)N/N=C\c2cc(Br)ccc2O)nnc1-c1cccc(Br)c1. The summed E-state index contributed by atoms with van der Waals surface area (Å²) in [5.74, 6) is 0.636. The zero-order valence-corrected chi connectivity index (χ0v) is 18.6. The van der Waals surface area contributed by atoms with Gasteiger partial charge in [-0.25, -0.2) is 5.43 Å². The van der Waals surface area contributed by atoms with Crippen molar-refractivity contribution in [1.29, 1.82) is 0 Å². The first-order valence-corrected chi connectivity index (χ1v) is 10.6. The Kier molecular flexibility index (Phi) is 6.87. The largest absolute Gasteiger partial charge is 0.507 e. The first-order valence-electron chi connectivity index (χ1n) is 8.02. The van der Waals surface area contributed by atoms with Gasteiger partial charge in [-0.2, -0.15) is 5.10 Å². The Hall–Kier alpha value is -2.17. The summed E-state index contributed by atoms with van der Waals surface area (Å²) >= 11 is 8.02. The normalized spacial score (nSPS) is 11.1. The molecule has 1 heterocycles. The first-order chi connectivity index (χ1) is 13.4. The van der Waals surface area contributed by atoms with E-state index in [0.717, 1.165) is 14.5 Å². The number of hydrogen-bond acceptors (Lipinski definition) is 6. The van der Waals surface area contributed by atoms with Gasteiger partial charge in [-0.15, -0.1) is 10.2 Å². The average Bonchev–Trinajstić information content (AvgIpc) is 3.03. The Morgan fingerprint density at radius 1 is 1.25 bits per heavy atom. The third-order valence-electron chi connectivity index (χ3n) is 3.63. The van der Waals surface area contributed by atoms with Crippen molar-refractivity contribution in [2.24, 2.45) is 12.1 Å². The number of aromatic nitrogens is 3. The fourth-order valence-corrected chi connectivity index (χ4v) is 3.77. The van der Waals surface area contributed by atoms with E-state index < -0.39 is 0 Å². The molecule has 0 bridgehead atoms. The van der Waals surface area contributed by atoms with Gasteiger partial charge in [0, 0.05) is 27.1 Å². The molecular formula is C18H15Br2N5O2S. The third kappa shape index (κ3) is 5.21. The summed E-state index contributed by atoms with van der Waals surface area (Å²) in [4.78, 5) is 12.0. The molecule has 0 radical (unpaired) electrons. The number of halogens is 2. The van der Waals surface area contributed by atoms with Crippen LogP contribution in [0, 0.1) is 0 Å². The summed E-state index contributed by atoms with van der Waals surface area (Å²) in [7, 11) is 1.85. The van der Waals surface area contributed by atoms with Crippen molar-refractivity contribution < 1.29 is 9.90 Å². The van der Waals surface area contributed by atoms with Crippen LogP contribution in [0.5, 0.6) is 5.75 Å². The van der Waals surface area contributed by atoms with Gasteiger partial charge in [-0.3, -0.25) is 4.79 Å². The van der Waals surface area contributed by atoms with Crippen molar-refractivity contribution in [2.75, 3.05) is 5.75 Å². The lowest BCUT2D eigenvalue weighted by atomic mass is 10.2. The van der Waals surface area contributed by atoms with Gasteiger partial charge in [0.2, 0.25) is 0 Å². The molecule has 0 spiro atoms. The molecule has 0 saturated heterocycles. The van der Waals surface area contributed by atoms with Gasteiger partial charge in [-0.05, 0) is 30.3 Å². The van der Waals surface area contributed by atoms with Crippen LogP contribution in [0.15, 0.2) is 61.7 Å². The molecule has 144 valence electrons. The average molecular weight is 525 g/mol. The molecule has 3 aromatic rings. The second kappa shape index (κ2) is 9.35. The number of amides is 1. The Morgan fingerprint density at radius 2 is 2.04 bits per heavy atom. The van der Waals surface area contributed by atoms with E-state index in [2.05, 4.69) is 52.6 Å². The minimum absolute atomic E-state index is 0.0785. The standard InChI is InChI=1S/C18H15Br2N5O2S/c1-25-17(11-3-2-4-13(19)7-11)23-24-18(25)28-10-16(27)22-21-9-12-8-14(20)5-6-15(12)26/h2-9,26H,10H2,1H3,(H,22,27)/b21-9-. The number of rotatable bonds is 6. The minimum Gasteiger partial charge on any atom is -0.507 e. The number of carbonyl (C=O) groups is 1. The van der Waals surface area contributed by atoms with E-state index in [4.69, 9.17) is 0 Å². The molecular weight excluding hydrogens is 510 g/mol. The predicted octanol–water partition coefficient (Wildman–Crippen LogP) is 3.96. The smallest absolute Gasteiger partial charge is 0.250 e. The Morgan fingerprint density at radius 3 is 2.82 bits per heavy atom.